The Balaban J connectivity index is 3.29. The molecular formula is C11H24. The van der Waals surface area contributed by atoms with Crippen LogP contribution in [0.25, 0.3) is 0 Å². The molecule has 0 nitrogen and oxygen atoms in total. The van der Waals surface area contributed by atoms with Gasteiger partial charge in [0.2, 0.25) is 0 Å². The molecule has 0 aliphatic carbocycles. The molecule has 0 aromatic carbocycles. The highest BCUT2D eigenvalue weighted by atomic mass is 14.1. The normalized spacial score (nSPS) is 14.5. The molecule has 0 aliphatic rings. The Morgan fingerprint density at radius 2 is 1.27 bits per heavy atom. The lowest BCUT2D eigenvalue weighted by atomic mass is 9.92. The first-order valence-corrected chi connectivity index (χ1v) is 5.02. The Bertz CT molecular complexity index is 82.0. The van der Waals surface area contributed by atoms with Crippen molar-refractivity contribution in [3.8, 4) is 0 Å². The lowest BCUT2D eigenvalue weighted by molar-refractivity contribution is 0.381. The summed E-state index contributed by atoms with van der Waals surface area (Å²) in [5.41, 5.74) is 0. The van der Waals surface area contributed by atoms with Crippen molar-refractivity contribution in [3.63, 3.8) is 0 Å². The zero-order valence-corrected chi connectivity index (χ0v) is 8.85. The largest absolute Gasteiger partial charge is 0.0628 e. The van der Waals surface area contributed by atoms with E-state index in [9.17, 15) is 0 Å². The van der Waals surface area contributed by atoms with Crippen molar-refractivity contribution >= 4 is 0 Å². The minimum absolute atomic E-state index is 0.872. The molecular weight excluding hydrogens is 132 g/mol. The van der Waals surface area contributed by atoms with E-state index in [-0.39, 0.29) is 0 Å². The molecule has 0 aromatic rings. The van der Waals surface area contributed by atoms with Crippen LogP contribution in [0, 0.1) is 17.8 Å². The summed E-state index contributed by atoms with van der Waals surface area (Å²) in [7, 11) is 0. The van der Waals surface area contributed by atoms with E-state index in [2.05, 4.69) is 34.6 Å². The van der Waals surface area contributed by atoms with E-state index in [0.717, 1.165) is 17.8 Å². The Labute approximate surface area is 72.4 Å². The van der Waals surface area contributed by atoms with E-state index >= 15 is 0 Å². The van der Waals surface area contributed by atoms with Gasteiger partial charge < -0.3 is 0 Å². The summed E-state index contributed by atoms with van der Waals surface area (Å²) in [6.07, 6.45) is 4.20. The van der Waals surface area contributed by atoms with Gasteiger partial charge in [0, 0.05) is 0 Å². The van der Waals surface area contributed by atoms with Gasteiger partial charge >= 0.3 is 0 Å². The van der Waals surface area contributed by atoms with Gasteiger partial charge in [-0.1, -0.05) is 47.5 Å². The predicted octanol–water partition coefficient (Wildman–Crippen LogP) is 4.10. The zero-order valence-electron chi connectivity index (χ0n) is 8.85. The summed E-state index contributed by atoms with van der Waals surface area (Å²) in [5.74, 6) is 2.68. The standard InChI is InChI=1S/C11H24/c1-9(2)6-7-11(5)8-10(3)4/h9-11H,6-8H2,1-5H3/t11-/m0/s1. The van der Waals surface area contributed by atoms with E-state index in [0.29, 0.717) is 0 Å². The third kappa shape index (κ3) is 7.90. The van der Waals surface area contributed by atoms with E-state index in [1.165, 1.54) is 19.3 Å². The monoisotopic (exact) mass is 156 g/mol. The second-order valence-electron chi connectivity index (χ2n) is 4.71. The molecule has 0 amide bonds. The van der Waals surface area contributed by atoms with Crippen LogP contribution in [-0.4, -0.2) is 0 Å². The van der Waals surface area contributed by atoms with Crippen molar-refractivity contribution in [1.82, 2.24) is 0 Å². The fraction of sp³-hybridized carbons (Fsp3) is 1.00. The highest BCUT2D eigenvalue weighted by Gasteiger charge is 2.05. The molecule has 0 fully saturated rings. The van der Waals surface area contributed by atoms with Crippen molar-refractivity contribution in [2.75, 3.05) is 0 Å². The lowest BCUT2D eigenvalue weighted by Gasteiger charge is -2.14. The number of rotatable bonds is 5. The van der Waals surface area contributed by atoms with Crippen LogP contribution in [-0.2, 0) is 0 Å². The minimum atomic E-state index is 0.872. The van der Waals surface area contributed by atoms with Crippen LogP contribution in [0.2, 0.25) is 0 Å². The third-order valence-corrected chi connectivity index (χ3v) is 2.11. The van der Waals surface area contributed by atoms with E-state index in [1.807, 2.05) is 0 Å². The van der Waals surface area contributed by atoms with Gasteiger partial charge in [-0.15, -0.1) is 0 Å². The Hall–Kier alpha value is 0. The molecule has 1 atom stereocenters. The Kier molecular flexibility index (Phi) is 5.62. The first kappa shape index (κ1) is 11.0. The molecule has 0 bridgehead atoms. The van der Waals surface area contributed by atoms with Crippen LogP contribution in [0.4, 0.5) is 0 Å². The Morgan fingerprint density at radius 1 is 0.727 bits per heavy atom. The van der Waals surface area contributed by atoms with Crippen molar-refractivity contribution in [2.45, 2.75) is 53.9 Å². The third-order valence-electron chi connectivity index (χ3n) is 2.11. The van der Waals surface area contributed by atoms with Crippen LogP contribution in [0.1, 0.15) is 53.9 Å². The molecule has 0 spiro atoms. The smallest absolute Gasteiger partial charge is 0.0440 e. The summed E-state index contributed by atoms with van der Waals surface area (Å²) in [5, 5.41) is 0. The molecule has 0 aliphatic heterocycles. The first-order chi connectivity index (χ1) is 5.02. The number of hydrogen-bond donors (Lipinski definition) is 0. The molecule has 68 valence electrons. The van der Waals surface area contributed by atoms with Gasteiger partial charge in [-0.25, -0.2) is 0 Å². The van der Waals surface area contributed by atoms with Crippen LogP contribution >= 0.6 is 0 Å². The Morgan fingerprint density at radius 3 is 1.64 bits per heavy atom. The van der Waals surface area contributed by atoms with Gasteiger partial charge in [0.15, 0.2) is 0 Å². The van der Waals surface area contributed by atoms with E-state index < -0.39 is 0 Å². The molecule has 0 heteroatoms. The van der Waals surface area contributed by atoms with Crippen molar-refractivity contribution < 1.29 is 0 Å². The maximum atomic E-state index is 2.38. The second kappa shape index (κ2) is 5.62. The highest BCUT2D eigenvalue weighted by molar-refractivity contribution is 4.57. The van der Waals surface area contributed by atoms with E-state index in [4.69, 9.17) is 0 Å². The van der Waals surface area contributed by atoms with Gasteiger partial charge in [0.05, 0.1) is 0 Å². The second-order valence-corrected chi connectivity index (χ2v) is 4.71. The fourth-order valence-electron chi connectivity index (χ4n) is 1.54. The maximum absolute atomic E-state index is 2.38. The molecule has 0 N–H and O–H groups in total. The fourth-order valence-corrected chi connectivity index (χ4v) is 1.54. The predicted molar refractivity (Wildman–Crippen MR) is 52.7 cm³/mol. The van der Waals surface area contributed by atoms with Crippen LogP contribution in [0.3, 0.4) is 0 Å². The molecule has 0 unspecified atom stereocenters. The molecule has 11 heavy (non-hydrogen) atoms. The van der Waals surface area contributed by atoms with Crippen LogP contribution in [0.5, 0.6) is 0 Å². The minimum Gasteiger partial charge on any atom is -0.0628 e. The van der Waals surface area contributed by atoms with Crippen molar-refractivity contribution in [3.05, 3.63) is 0 Å². The zero-order chi connectivity index (χ0) is 8.85. The van der Waals surface area contributed by atoms with Crippen LogP contribution < -0.4 is 0 Å². The van der Waals surface area contributed by atoms with Gasteiger partial charge in [-0.05, 0) is 24.2 Å². The summed E-state index contributed by atoms with van der Waals surface area (Å²) < 4.78 is 0. The van der Waals surface area contributed by atoms with Crippen LogP contribution in [0.15, 0.2) is 0 Å². The van der Waals surface area contributed by atoms with Crippen molar-refractivity contribution in [2.24, 2.45) is 17.8 Å². The van der Waals surface area contributed by atoms with E-state index in [1.54, 1.807) is 0 Å². The van der Waals surface area contributed by atoms with Gasteiger partial charge in [-0.2, -0.15) is 0 Å². The average Bonchev–Trinajstić information content (AvgIpc) is 1.82. The van der Waals surface area contributed by atoms with Gasteiger partial charge in [0.25, 0.3) is 0 Å². The maximum Gasteiger partial charge on any atom is -0.0440 e. The van der Waals surface area contributed by atoms with Gasteiger partial charge in [-0.3, -0.25) is 0 Å². The summed E-state index contributed by atoms with van der Waals surface area (Å²) in [6, 6.07) is 0. The topological polar surface area (TPSA) is 0 Å². The first-order valence-electron chi connectivity index (χ1n) is 5.02. The molecule has 0 rings (SSSR count). The average molecular weight is 156 g/mol. The summed E-state index contributed by atoms with van der Waals surface area (Å²) in [6.45, 7) is 11.6. The molecule has 0 aromatic heterocycles. The van der Waals surface area contributed by atoms with Crippen molar-refractivity contribution in [1.29, 1.82) is 0 Å². The quantitative estimate of drug-likeness (QED) is 0.562. The molecule has 0 radical (unpaired) electrons. The SMILES string of the molecule is CC(C)CC[C@H](C)CC(C)C. The molecule has 0 heterocycles. The lowest BCUT2D eigenvalue weighted by Crippen LogP contribution is -2.01. The van der Waals surface area contributed by atoms with Gasteiger partial charge in [0.1, 0.15) is 0 Å². The summed E-state index contributed by atoms with van der Waals surface area (Å²) in [4.78, 5) is 0. The molecule has 0 saturated heterocycles. The summed E-state index contributed by atoms with van der Waals surface area (Å²) >= 11 is 0. The molecule has 0 saturated carbocycles. The highest BCUT2D eigenvalue weighted by Crippen LogP contribution is 2.18. The number of hydrogen-bond acceptors (Lipinski definition) is 0.